The van der Waals surface area contributed by atoms with Gasteiger partial charge < -0.3 is 15.3 Å². The van der Waals surface area contributed by atoms with Crippen molar-refractivity contribution in [3.8, 4) is 0 Å². The van der Waals surface area contributed by atoms with Crippen LogP contribution in [0.4, 0.5) is 4.79 Å². The van der Waals surface area contributed by atoms with E-state index in [-0.39, 0.29) is 18.7 Å². The first-order chi connectivity index (χ1) is 8.67. The number of hydrogen-bond acceptors (Lipinski definition) is 3. The molecule has 2 N–H and O–H groups in total. The highest BCUT2D eigenvalue weighted by molar-refractivity contribution is 7.09. The molecule has 0 aliphatic carbocycles. The number of carbonyl (C=O) groups excluding carboxylic acids is 1. The number of aliphatic hydroxyl groups is 1. The van der Waals surface area contributed by atoms with E-state index in [9.17, 15) is 4.79 Å². The Morgan fingerprint density at radius 2 is 2.39 bits per heavy atom. The van der Waals surface area contributed by atoms with Crippen molar-refractivity contribution < 1.29 is 9.90 Å². The van der Waals surface area contributed by atoms with Gasteiger partial charge >= 0.3 is 6.03 Å². The Kier molecular flexibility index (Phi) is 6.75. The van der Waals surface area contributed by atoms with E-state index in [4.69, 9.17) is 5.11 Å². The molecule has 2 amide bonds. The summed E-state index contributed by atoms with van der Waals surface area (Å²) in [5.74, 6) is 0. The number of amides is 2. The maximum Gasteiger partial charge on any atom is 0.317 e. The molecule has 0 bridgehead atoms. The lowest BCUT2D eigenvalue weighted by Gasteiger charge is -2.23. The summed E-state index contributed by atoms with van der Waals surface area (Å²) in [5, 5.41) is 13.7. The highest BCUT2D eigenvalue weighted by Crippen LogP contribution is 2.12. The SMILES string of the molecule is CCN(Cc1cccs1)C(=O)NC(C)CCCO. The molecule has 0 aromatic carbocycles. The largest absolute Gasteiger partial charge is 0.396 e. The molecule has 1 aromatic heterocycles. The number of aliphatic hydroxyl groups excluding tert-OH is 1. The van der Waals surface area contributed by atoms with Gasteiger partial charge in [-0.15, -0.1) is 11.3 Å². The summed E-state index contributed by atoms with van der Waals surface area (Å²) in [6.45, 7) is 5.47. The summed E-state index contributed by atoms with van der Waals surface area (Å²) in [6, 6.07) is 4.10. The van der Waals surface area contributed by atoms with Gasteiger partial charge in [0, 0.05) is 24.1 Å². The molecule has 0 saturated heterocycles. The summed E-state index contributed by atoms with van der Waals surface area (Å²) in [4.78, 5) is 15.0. The summed E-state index contributed by atoms with van der Waals surface area (Å²) >= 11 is 1.66. The highest BCUT2D eigenvalue weighted by Gasteiger charge is 2.14. The minimum absolute atomic E-state index is 0.0312. The molecule has 18 heavy (non-hydrogen) atoms. The van der Waals surface area contributed by atoms with Crippen molar-refractivity contribution in [2.24, 2.45) is 0 Å². The van der Waals surface area contributed by atoms with Crippen LogP contribution >= 0.6 is 11.3 Å². The molecule has 1 rings (SSSR count). The molecule has 1 atom stereocenters. The minimum atomic E-state index is -0.0312. The molecule has 0 aliphatic rings. The quantitative estimate of drug-likeness (QED) is 0.799. The Bertz CT molecular complexity index is 341. The molecule has 0 aliphatic heterocycles. The first kappa shape index (κ1) is 15.0. The third-order valence-electron chi connectivity index (χ3n) is 2.76. The van der Waals surface area contributed by atoms with Crippen LogP contribution in [0.15, 0.2) is 17.5 Å². The number of rotatable bonds is 7. The number of nitrogens with one attached hydrogen (secondary N) is 1. The van der Waals surface area contributed by atoms with E-state index in [0.29, 0.717) is 13.1 Å². The Morgan fingerprint density at radius 3 is 2.94 bits per heavy atom. The average Bonchev–Trinajstić information content (AvgIpc) is 2.86. The normalized spacial score (nSPS) is 12.2. The standard InChI is InChI=1S/C13H22N2O2S/c1-3-15(10-12-7-5-9-18-12)13(17)14-11(2)6-4-8-16/h5,7,9,11,16H,3-4,6,8,10H2,1-2H3,(H,14,17). The molecule has 0 spiro atoms. The van der Waals surface area contributed by atoms with E-state index in [1.54, 1.807) is 16.2 Å². The molecule has 0 radical (unpaired) electrons. The van der Waals surface area contributed by atoms with Crippen LogP contribution in [0.3, 0.4) is 0 Å². The third kappa shape index (κ3) is 5.06. The van der Waals surface area contributed by atoms with Crippen molar-refractivity contribution in [2.45, 2.75) is 39.3 Å². The van der Waals surface area contributed by atoms with Crippen LogP contribution in [0, 0.1) is 0 Å². The molecular weight excluding hydrogens is 248 g/mol. The Morgan fingerprint density at radius 1 is 1.61 bits per heavy atom. The molecule has 0 saturated carbocycles. The zero-order valence-electron chi connectivity index (χ0n) is 11.1. The zero-order valence-corrected chi connectivity index (χ0v) is 11.9. The van der Waals surface area contributed by atoms with Crippen molar-refractivity contribution in [3.63, 3.8) is 0 Å². The van der Waals surface area contributed by atoms with E-state index < -0.39 is 0 Å². The molecular formula is C13H22N2O2S. The number of thiophene rings is 1. The van der Waals surface area contributed by atoms with Gasteiger partial charge in [-0.1, -0.05) is 6.07 Å². The van der Waals surface area contributed by atoms with Crippen LogP contribution in [0.1, 0.15) is 31.6 Å². The van der Waals surface area contributed by atoms with Gasteiger partial charge in [0.15, 0.2) is 0 Å². The van der Waals surface area contributed by atoms with E-state index in [1.165, 1.54) is 4.88 Å². The Balaban J connectivity index is 2.41. The lowest BCUT2D eigenvalue weighted by atomic mass is 10.2. The van der Waals surface area contributed by atoms with Gasteiger partial charge in [0.2, 0.25) is 0 Å². The number of hydrogen-bond donors (Lipinski definition) is 2. The van der Waals surface area contributed by atoms with Gasteiger partial charge in [-0.05, 0) is 38.1 Å². The number of nitrogens with zero attached hydrogens (tertiary/aromatic N) is 1. The molecule has 1 aromatic rings. The van der Waals surface area contributed by atoms with Crippen molar-refractivity contribution in [2.75, 3.05) is 13.2 Å². The maximum absolute atomic E-state index is 12.0. The smallest absolute Gasteiger partial charge is 0.317 e. The highest BCUT2D eigenvalue weighted by atomic mass is 32.1. The third-order valence-corrected chi connectivity index (χ3v) is 3.62. The predicted octanol–water partition coefficient (Wildman–Crippen LogP) is 2.44. The fourth-order valence-corrected chi connectivity index (χ4v) is 2.41. The molecule has 4 nitrogen and oxygen atoms in total. The average molecular weight is 270 g/mol. The fourth-order valence-electron chi connectivity index (χ4n) is 1.69. The maximum atomic E-state index is 12.0. The van der Waals surface area contributed by atoms with Crippen LogP contribution in [0.2, 0.25) is 0 Å². The zero-order chi connectivity index (χ0) is 13.4. The van der Waals surface area contributed by atoms with Crippen molar-refractivity contribution >= 4 is 17.4 Å². The van der Waals surface area contributed by atoms with E-state index in [1.807, 2.05) is 31.4 Å². The van der Waals surface area contributed by atoms with Gasteiger partial charge in [0.25, 0.3) is 0 Å². The van der Waals surface area contributed by atoms with Gasteiger partial charge in [-0.3, -0.25) is 0 Å². The van der Waals surface area contributed by atoms with E-state index >= 15 is 0 Å². The lowest BCUT2D eigenvalue weighted by molar-refractivity contribution is 0.193. The second-order valence-corrected chi connectivity index (χ2v) is 5.34. The first-order valence-electron chi connectivity index (χ1n) is 6.36. The molecule has 5 heteroatoms. The summed E-state index contributed by atoms with van der Waals surface area (Å²) in [7, 11) is 0. The molecule has 0 fully saturated rings. The van der Waals surface area contributed by atoms with E-state index in [0.717, 1.165) is 12.8 Å². The summed E-state index contributed by atoms with van der Waals surface area (Å²) in [5.41, 5.74) is 0. The van der Waals surface area contributed by atoms with Crippen molar-refractivity contribution in [1.29, 1.82) is 0 Å². The Labute approximate surface area is 113 Å². The molecule has 102 valence electrons. The van der Waals surface area contributed by atoms with E-state index in [2.05, 4.69) is 5.32 Å². The lowest BCUT2D eigenvalue weighted by Crippen LogP contribution is -2.43. The van der Waals surface area contributed by atoms with Crippen LogP contribution in [-0.2, 0) is 6.54 Å². The van der Waals surface area contributed by atoms with Gasteiger partial charge in [0.05, 0.1) is 6.54 Å². The van der Waals surface area contributed by atoms with Gasteiger partial charge in [-0.25, -0.2) is 4.79 Å². The van der Waals surface area contributed by atoms with Crippen molar-refractivity contribution in [3.05, 3.63) is 22.4 Å². The predicted molar refractivity (Wildman–Crippen MR) is 74.7 cm³/mol. The second-order valence-electron chi connectivity index (χ2n) is 4.31. The summed E-state index contributed by atoms with van der Waals surface area (Å²) < 4.78 is 0. The van der Waals surface area contributed by atoms with Crippen LogP contribution in [0.25, 0.3) is 0 Å². The van der Waals surface area contributed by atoms with Crippen LogP contribution in [-0.4, -0.2) is 35.2 Å². The van der Waals surface area contributed by atoms with Crippen molar-refractivity contribution in [1.82, 2.24) is 10.2 Å². The number of carbonyl (C=O) groups is 1. The molecule has 1 unspecified atom stereocenters. The second kappa shape index (κ2) is 8.11. The topological polar surface area (TPSA) is 52.6 Å². The molecule has 1 heterocycles. The number of urea groups is 1. The minimum Gasteiger partial charge on any atom is -0.396 e. The van der Waals surface area contributed by atoms with Crippen LogP contribution < -0.4 is 5.32 Å². The Hall–Kier alpha value is -1.07. The fraction of sp³-hybridized carbons (Fsp3) is 0.615. The monoisotopic (exact) mass is 270 g/mol. The first-order valence-corrected chi connectivity index (χ1v) is 7.24. The van der Waals surface area contributed by atoms with Gasteiger partial charge in [0.1, 0.15) is 0 Å². The van der Waals surface area contributed by atoms with Crippen LogP contribution in [0.5, 0.6) is 0 Å². The summed E-state index contributed by atoms with van der Waals surface area (Å²) in [6.07, 6.45) is 1.53. The van der Waals surface area contributed by atoms with Gasteiger partial charge in [-0.2, -0.15) is 0 Å².